The maximum absolute atomic E-state index is 11.0. The summed E-state index contributed by atoms with van der Waals surface area (Å²) in [5, 5.41) is 0. The molecule has 0 aromatic carbocycles. The summed E-state index contributed by atoms with van der Waals surface area (Å²) in [5.74, 6) is -2.34. The molecule has 0 heterocycles. The Morgan fingerprint density at radius 3 is 1.93 bits per heavy atom. The molecule has 0 aliphatic carbocycles. The molecule has 0 N–H and O–H groups in total. The van der Waals surface area contributed by atoms with Gasteiger partial charge in [0.25, 0.3) is 0 Å². The molecule has 0 saturated carbocycles. The minimum atomic E-state index is -0.897. The fourth-order valence-corrected chi connectivity index (χ4v) is 0.692. The molecule has 0 rings (SSSR count). The summed E-state index contributed by atoms with van der Waals surface area (Å²) in [6.07, 6.45) is -0.545. The van der Waals surface area contributed by atoms with Gasteiger partial charge < -0.3 is 9.47 Å². The summed E-state index contributed by atoms with van der Waals surface area (Å²) in [6.45, 7) is 6.14. The zero-order valence-corrected chi connectivity index (χ0v) is 8.75. The van der Waals surface area contributed by atoms with Crippen molar-refractivity contribution in [2.24, 2.45) is 0 Å². The number of rotatable bonds is 2. The van der Waals surface area contributed by atoms with E-state index in [0.29, 0.717) is 0 Å². The molecule has 0 aliphatic rings. The lowest BCUT2D eigenvalue weighted by molar-refractivity contribution is -0.165. The van der Waals surface area contributed by atoms with E-state index < -0.39 is 29.9 Å². The maximum Gasteiger partial charge on any atom is 0.324 e. The van der Waals surface area contributed by atoms with Gasteiger partial charge in [0.05, 0.1) is 0 Å². The van der Waals surface area contributed by atoms with Gasteiger partial charge in [-0.15, -0.1) is 0 Å². The Labute approximate surface area is 82.4 Å². The molecule has 0 radical (unpaired) electrons. The minimum absolute atomic E-state index is 0.545. The normalized spacial score (nSPS) is 10.6. The van der Waals surface area contributed by atoms with Gasteiger partial charge in [-0.05, 0) is 20.8 Å². The molecule has 0 aromatic rings. The minimum Gasteiger partial charge on any atom is -0.460 e. The third kappa shape index (κ3) is 7.27. The van der Waals surface area contributed by atoms with Crippen molar-refractivity contribution < 1.29 is 23.9 Å². The lowest BCUT2D eigenvalue weighted by atomic mass is 10.2. The zero-order valence-electron chi connectivity index (χ0n) is 8.75. The first-order chi connectivity index (χ1) is 6.20. The highest BCUT2D eigenvalue weighted by Gasteiger charge is 2.20. The van der Waals surface area contributed by atoms with Crippen LogP contribution in [0.15, 0.2) is 0 Å². The van der Waals surface area contributed by atoms with Crippen molar-refractivity contribution in [3.05, 3.63) is 0 Å². The van der Waals surface area contributed by atoms with Crippen molar-refractivity contribution in [2.45, 2.75) is 39.7 Å². The number of ether oxygens (including phenoxy) is 2. The van der Waals surface area contributed by atoms with Gasteiger partial charge in [0.1, 0.15) is 12.0 Å². The SMILES string of the molecule is CC(=O)OC(=O)CC(=O)OC(C)(C)C. The topological polar surface area (TPSA) is 69.7 Å². The van der Waals surface area contributed by atoms with Crippen LogP contribution < -0.4 is 0 Å². The molecule has 0 fully saturated rings. The first kappa shape index (κ1) is 12.6. The lowest BCUT2D eigenvalue weighted by Crippen LogP contribution is -2.26. The third-order valence-corrected chi connectivity index (χ3v) is 0.966. The van der Waals surface area contributed by atoms with Gasteiger partial charge in [-0.2, -0.15) is 0 Å². The van der Waals surface area contributed by atoms with E-state index in [1.54, 1.807) is 20.8 Å². The Hall–Kier alpha value is -1.39. The Bertz CT molecular complexity index is 248. The summed E-state index contributed by atoms with van der Waals surface area (Å²) in [6, 6.07) is 0. The van der Waals surface area contributed by atoms with Crippen LogP contribution in [-0.4, -0.2) is 23.5 Å². The van der Waals surface area contributed by atoms with Crippen LogP contribution in [0, 0.1) is 0 Å². The maximum atomic E-state index is 11.0. The van der Waals surface area contributed by atoms with Crippen LogP contribution >= 0.6 is 0 Å². The monoisotopic (exact) mass is 202 g/mol. The second-order valence-electron chi connectivity index (χ2n) is 3.73. The molecule has 0 atom stereocenters. The van der Waals surface area contributed by atoms with Crippen LogP contribution in [0.1, 0.15) is 34.1 Å². The van der Waals surface area contributed by atoms with Crippen LogP contribution in [0.3, 0.4) is 0 Å². The van der Waals surface area contributed by atoms with Gasteiger partial charge in [0, 0.05) is 6.92 Å². The number of hydrogen-bond donors (Lipinski definition) is 0. The number of carbonyl (C=O) groups is 3. The predicted molar refractivity (Wildman–Crippen MR) is 47.2 cm³/mol. The summed E-state index contributed by atoms with van der Waals surface area (Å²) in [7, 11) is 0. The summed E-state index contributed by atoms with van der Waals surface area (Å²) < 4.78 is 9.00. The number of hydrogen-bond acceptors (Lipinski definition) is 5. The van der Waals surface area contributed by atoms with Gasteiger partial charge in [-0.25, -0.2) is 0 Å². The Morgan fingerprint density at radius 1 is 1.07 bits per heavy atom. The summed E-state index contributed by atoms with van der Waals surface area (Å²) >= 11 is 0. The standard InChI is InChI=1S/C9H14O5/c1-6(10)13-7(11)5-8(12)14-9(2,3)4/h5H2,1-4H3. The van der Waals surface area contributed by atoms with E-state index in [-0.39, 0.29) is 0 Å². The smallest absolute Gasteiger partial charge is 0.324 e. The molecule has 0 spiro atoms. The number of carbonyl (C=O) groups excluding carboxylic acids is 3. The largest absolute Gasteiger partial charge is 0.460 e. The molecule has 14 heavy (non-hydrogen) atoms. The fourth-order valence-electron chi connectivity index (χ4n) is 0.692. The Balaban J connectivity index is 3.96. The van der Waals surface area contributed by atoms with Crippen LogP contribution in [0.5, 0.6) is 0 Å². The van der Waals surface area contributed by atoms with Crippen molar-refractivity contribution in [3.8, 4) is 0 Å². The van der Waals surface area contributed by atoms with Crippen molar-refractivity contribution in [1.82, 2.24) is 0 Å². The van der Waals surface area contributed by atoms with Gasteiger partial charge in [0.15, 0.2) is 0 Å². The Kier molecular flexibility index (Phi) is 4.27. The van der Waals surface area contributed by atoms with Crippen LogP contribution in [0.25, 0.3) is 0 Å². The first-order valence-electron chi connectivity index (χ1n) is 4.14. The average Bonchev–Trinajstić information content (AvgIpc) is 1.77. The van der Waals surface area contributed by atoms with Gasteiger partial charge in [-0.1, -0.05) is 0 Å². The highest BCUT2D eigenvalue weighted by atomic mass is 16.6. The first-order valence-corrected chi connectivity index (χ1v) is 4.14. The quantitative estimate of drug-likeness (QED) is 0.489. The van der Waals surface area contributed by atoms with Crippen LogP contribution in [-0.2, 0) is 23.9 Å². The van der Waals surface area contributed by atoms with E-state index in [9.17, 15) is 14.4 Å². The molecular weight excluding hydrogens is 188 g/mol. The van der Waals surface area contributed by atoms with Crippen LogP contribution in [0.4, 0.5) is 0 Å². The second kappa shape index (κ2) is 4.74. The predicted octanol–water partition coefficient (Wildman–Crippen LogP) is 0.808. The molecule has 0 unspecified atom stereocenters. The highest BCUT2D eigenvalue weighted by Crippen LogP contribution is 2.08. The number of esters is 3. The fraction of sp³-hybridized carbons (Fsp3) is 0.667. The van der Waals surface area contributed by atoms with Crippen molar-refractivity contribution in [1.29, 1.82) is 0 Å². The summed E-state index contributed by atoms with van der Waals surface area (Å²) in [5.41, 5.74) is -0.645. The van der Waals surface area contributed by atoms with Gasteiger partial charge in [-0.3, -0.25) is 14.4 Å². The molecule has 5 nitrogen and oxygen atoms in total. The van der Waals surface area contributed by atoms with E-state index in [1.165, 1.54) is 0 Å². The Morgan fingerprint density at radius 2 is 1.57 bits per heavy atom. The van der Waals surface area contributed by atoms with Gasteiger partial charge in [0.2, 0.25) is 0 Å². The lowest BCUT2D eigenvalue weighted by Gasteiger charge is -2.18. The van der Waals surface area contributed by atoms with Gasteiger partial charge >= 0.3 is 17.9 Å². The molecular formula is C9H14O5. The van der Waals surface area contributed by atoms with E-state index in [2.05, 4.69) is 4.74 Å². The molecule has 0 amide bonds. The molecule has 0 aliphatic heterocycles. The van der Waals surface area contributed by atoms with Crippen molar-refractivity contribution in [3.63, 3.8) is 0 Å². The van der Waals surface area contributed by atoms with E-state index in [1.807, 2.05) is 0 Å². The molecule has 5 heteroatoms. The van der Waals surface area contributed by atoms with E-state index in [4.69, 9.17) is 4.74 Å². The van der Waals surface area contributed by atoms with Crippen LogP contribution in [0.2, 0.25) is 0 Å². The molecule has 0 bridgehead atoms. The molecule has 0 aromatic heterocycles. The van der Waals surface area contributed by atoms with Crippen molar-refractivity contribution >= 4 is 17.9 Å². The molecule has 80 valence electrons. The summed E-state index contributed by atoms with van der Waals surface area (Å²) in [4.78, 5) is 32.1. The average molecular weight is 202 g/mol. The van der Waals surface area contributed by atoms with Crippen molar-refractivity contribution in [2.75, 3.05) is 0 Å². The zero-order chi connectivity index (χ0) is 11.4. The second-order valence-corrected chi connectivity index (χ2v) is 3.73. The third-order valence-electron chi connectivity index (χ3n) is 0.966. The highest BCUT2D eigenvalue weighted by molar-refractivity contribution is 5.95. The van der Waals surface area contributed by atoms with E-state index in [0.717, 1.165) is 6.92 Å². The van der Waals surface area contributed by atoms with E-state index >= 15 is 0 Å². The molecule has 0 saturated heterocycles.